The van der Waals surface area contributed by atoms with Gasteiger partial charge in [0, 0.05) is 26.7 Å². The van der Waals surface area contributed by atoms with Crippen LogP contribution in [0, 0.1) is 0 Å². The Morgan fingerprint density at radius 2 is 1.74 bits per heavy atom. The quantitative estimate of drug-likeness (QED) is 0.436. The van der Waals surface area contributed by atoms with Crippen molar-refractivity contribution in [2.75, 3.05) is 26.8 Å². The molecule has 0 aliphatic carbocycles. The number of aromatic nitrogens is 2. The minimum atomic E-state index is -4.09. The van der Waals surface area contributed by atoms with Gasteiger partial charge in [0.05, 0.1) is 35.1 Å². The maximum atomic E-state index is 13.2. The lowest BCUT2D eigenvalue weighted by atomic mass is 10.1. The van der Waals surface area contributed by atoms with Crippen molar-refractivity contribution in [3.8, 4) is 11.5 Å². The normalized spacial score (nSPS) is 17.6. The van der Waals surface area contributed by atoms with Crippen LogP contribution >= 0.6 is 0 Å². The molecule has 4 rings (SSSR count). The molecule has 2 amide bonds. The fourth-order valence-corrected chi connectivity index (χ4v) is 5.57. The largest absolute Gasteiger partial charge is 0.497 e. The second kappa shape index (κ2) is 11.3. The van der Waals surface area contributed by atoms with Crippen molar-refractivity contribution in [1.29, 1.82) is 0 Å². The first-order chi connectivity index (χ1) is 18.1. The molecule has 2 aromatic carbocycles. The van der Waals surface area contributed by atoms with Gasteiger partial charge in [-0.2, -0.15) is 4.72 Å². The van der Waals surface area contributed by atoms with Gasteiger partial charge in [0.1, 0.15) is 24.1 Å². The van der Waals surface area contributed by atoms with E-state index in [1.165, 1.54) is 28.4 Å². The number of benzene rings is 2. The molecule has 1 aliphatic rings. The van der Waals surface area contributed by atoms with Crippen molar-refractivity contribution >= 4 is 32.9 Å². The number of carbonyl (C=O) groups is 2. The van der Waals surface area contributed by atoms with Gasteiger partial charge in [-0.05, 0) is 49.6 Å². The zero-order chi connectivity index (χ0) is 27.4. The van der Waals surface area contributed by atoms with Crippen LogP contribution in [-0.4, -0.2) is 62.2 Å². The summed E-state index contributed by atoms with van der Waals surface area (Å²) in [7, 11) is 0.589. The summed E-state index contributed by atoms with van der Waals surface area (Å²) in [5.74, 6) is 0.0464. The van der Waals surface area contributed by atoms with Crippen LogP contribution in [0.4, 0.5) is 0 Å². The van der Waals surface area contributed by atoms with E-state index in [-0.39, 0.29) is 36.1 Å². The number of amides is 2. The second-order valence-corrected chi connectivity index (χ2v) is 10.7. The first-order valence-corrected chi connectivity index (χ1v) is 13.6. The number of aryl methyl sites for hydroxylation is 2. The van der Waals surface area contributed by atoms with Crippen molar-refractivity contribution in [3.05, 3.63) is 52.4 Å². The van der Waals surface area contributed by atoms with Crippen LogP contribution in [0.1, 0.15) is 29.6 Å². The number of ether oxygens (including phenoxy) is 2. The highest BCUT2D eigenvalue weighted by Crippen LogP contribution is 2.25. The fourth-order valence-electron chi connectivity index (χ4n) is 4.32. The molecule has 38 heavy (non-hydrogen) atoms. The number of nitrogens with zero attached hydrogens (tertiary/aromatic N) is 2. The Balaban J connectivity index is 1.52. The summed E-state index contributed by atoms with van der Waals surface area (Å²) in [6, 6.07) is 8.21. The average molecular weight is 546 g/mol. The molecule has 0 saturated carbocycles. The van der Waals surface area contributed by atoms with Crippen LogP contribution in [0.25, 0.3) is 11.0 Å². The topological polar surface area (TPSA) is 150 Å². The molecule has 13 heteroatoms. The molecule has 0 spiro atoms. The maximum Gasteiger partial charge on any atom is 0.328 e. The van der Waals surface area contributed by atoms with Crippen molar-refractivity contribution in [1.82, 2.24) is 24.5 Å². The zero-order valence-corrected chi connectivity index (χ0v) is 22.3. The van der Waals surface area contributed by atoms with Gasteiger partial charge in [-0.25, -0.2) is 13.2 Å². The minimum absolute atomic E-state index is 0.0529. The molecular weight excluding hydrogens is 514 g/mol. The number of rotatable bonds is 4. The van der Waals surface area contributed by atoms with E-state index in [9.17, 15) is 22.8 Å². The van der Waals surface area contributed by atoms with Gasteiger partial charge in [0.2, 0.25) is 15.9 Å². The van der Waals surface area contributed by atoms with Gasteiger partial charge in [0.15, 0.2) is 0 Å². The molecule has 0 fully saturated rings. The van der Waals surface area contributed by atoms with E-state index < -0.39 is 22.0 Å². The molecule has 1 aromatic heterocycles. The molecule has 0 unspecified atom stereocenters. The molecular formula is C25H31N5O7S. The number of hydrogen-bond acceptors (Lipinski definition) is 7. The summed E-state index contributed by atoms with van der Waals surface area (Å²) < 4.78 is 42.7. The lowest BCUT2D eigenvalue weighted by molar-refractivity contribution is -0.123. The van der Waals surface area contributed by atoms with Crippen LogP contribution in [-0.2, 0) is 28.9 Å². The lowest BCUT2D eigenvalue weighted by Gasteiger charge is -2.20. The Morgan fingerprint density at radius 1 is 0.974 bits per heavy atom. The number of methoxy groups -OCH3 is 1. The van der Waals surface area contributed by atoms with Gasteiger partial charge in [-0.1, -0.05) is 0 Å². The van der Waals surface area contributed by atoms with E-state index >= 15 is 0 Å². The number of nitrogens with one attached hydrogen (secondary N) is 3. The molecule has 12 nitrogen and oxygen atoms in total. The number of hydrogen-bond donors (Lipinski definition) is 3. The summed E-state index contributed by atoms with van der Waals surface area (Å²) in [6.45, 7) is 0.481. The zero-order valence-electron chi connectivity index (χ0n) is 21.4. The predicted octanol–water partition coefficient (Wildman–Crippen LogP) is 0.641. The van der Waals surface area contributed by atoms with Crippen LogP contribution in [0.5, 0.6) is 11.5 Å². The first-order valence-electron chi connectivity index (χ1n) is 12.2. The molecule has 3 aromatic rings. The highest BCUT2D eigenvalue weighted by atomic mass is 32.2. The van der Waals surface area contributed by atoms with E-state index in [1.54, 1.807) is 38.4 Å². The second-order valence-electron chi connectivity index (χ2n) is 8.98. The SMILES string of the molecule is COc1ccc2c(c1)OCCNC(=O)[C@@H](NS(=O)(=O)c1ccc3c(c1)n(C)c(=O)n3C)CCCCNC2=O. The van der Waals surface area contributed by atoms with Gasteiger partial charge in [-0.3, -0.25) is 18.7 Å². The fraction of sp³-hybridized carbons (Fsp3) is 0.400. The Bertz CT molecular complexity index is 1530. The van der Waals surface area contributed by atoms with E-state index in [0.29, 0.717) is 47.5 Å². The smallest absolute Gasteiger partial charge is 0.328 e. The maximum absolute atomic E-state index is 13.2. The Morgan fingerprint density at radius 3 is 2.50 bits per heavy atom. The van der Waals surface area contributed by atoms with Gasteiger partial charge < -0.3 is 20.1 Å². The Kier molecular flexibility index (Phi) is 8.07. The van der Waals surface area contributed by atoms with Crippen LogP contribution in [0.15, 0.2) is 46.1 Å². The van der Waals surface area contributed by atoms with E-state index in [0.717, 1.165) is 0 Å². The average Bonchev–Trinajstić information content (AvgIpc) is 3.12. The predicted molar refractivity (Wildman–Crippen MR) is 140 cm³/mol. The van der Waals surface area contributed by atoms with E-state index in [2.05, 4.69) is 15.4 Å². The van der Waals surface area contributed by atoms with Crippen molar-refractivity contribution in [2.24, 2.45) is 14.1 Å². The third-order valence-electron chi connectivity index (χ3n) is 6.47. The summed E-state index contributed by atoms with van der Waals surface area (Å²) in [4.78, 5) is 37.8. The monoisotopic (exact) mass is 545 g/mol. The summed E-state index contributed by atoms with van der Waals surface area (Å²) in [5, 5.41) is 5.54. The lowest BCUT2D eigenvalue weighted by Crippen LogP contribution is -2.47. The number of sulfonamides is 1. The third-order valence-corrected chi connectivity index (χ3v) is 7.93. The highest BCUT2D eigenvalue weighted by molar-refractivity contribution is 7.89. The minimum Gasteiger partial charge on any atom is -0.497 e. The standard InChI is InChI=1S/C25H31N5O7S/c1-29-20-10-8-17(15-21(20)30(2)25(29)33)38(34,35)28-19-6-4-5-11-26-23(31)18-9-7-16(36-3)14-22(18)37-13-12-27-24(19)32/h7-10,14-15,19,28H,4-6,11-13H2,1-3H3,(H,26,31)(H,27,32)/t19-/m0/s1. The number of fused-ring (bicyclic) bond motifs is 2. The van der Waals surface area contributed by atoms with Crippen LogP contribution in [0.3, 0.4) is 0 Å². The van der Waals surface area contributed by atoms with Crippen molar-refractivity contribution in [2.45, 2.75) is 30.2 Å². The molecule has 1 aliphatic heterocycles. The van der Waals surface area contributed by atoms with Gasteiger partial charge in [-0.15, -0.1) is 0 Å². The van der Waals surface area contributed by atoms with Gasteiger partial charge >= 0.3 is 5.69 Å². The van der Waals surface area contributed by atoms with Crippen LogP contribution in [0.2, 0.25) is 0 Å². The molecule has 204 valence electrons. The first kappa shape index (κ1) is 27.2. The van der Waals surface area contributed by atoms with Gasteiger partial charge in [0.25, 0.3) is 5.91 Å². The van der Waals surface area contributed by atoms with Crippen molar-refractivity contribution in [3.63, 3.8) is 0 Å². The highest BCUT2D eigenvalue weighted by Gasteiger charge is 2.26. The van der Waals surface area contributed by atoms with Crippen molar-refractivity contribution < 1.29 is 27.5 Å². The Labute approximate surface area is 220 Å². The van der Waals surface area contributed by atoms with E-state index in [1.807, 2.05) is 0 Å². The molecule has 0 radical (unpaired) electrons. The number of carbonyl (C=O) groups excluding carboxylic acids is 2. The molecule has 0 saturated heterocycles. The summed E-state index contributed by atoms with van der Waals surface area (Å²) in [6.07, 6.45) is 1.24. The van der Waals surface area contributed by atoms with E-state index in [4.69, 9.17) is 9.47 Å². The molecule has 3 N–H and O–H groups in total. The third kappa shape index (κ3) is 5.68. The molecule has 2 heterocycles. The summed E-state index contributed by atoms with van der Waals surface area (Å²) >= 11 is 0. The number of imidazole rings is 1. The summed E-state index contributed by atoms with van der Waals surface area (Å²) in [5.41, 5.74) is 1.13. The Hall–Kier alpha value is -3.84. The molecule has 0 bridgehead atoms. The van der Waals surface area contributed by atoms with Crippen LogP contribution < -0.4 is 30.5 Å². The molecule has 1 atom stereocenters.